The van der Waals surface area contributed by atoms with Crippen LogP contribution >= 0.6 is 0 Å². The van der Waals surface area contributed by atoms with Crippen molar-refractivity contribution in [2.24, 2.45) is 0 Å². The first-order valence-corrected chi connectivity index (χ1v) is 10.5. The summed E-state index contributed by atoms with van der Waals surface area (Å²) >= 11 is 0. The minimum Gasteiger partial charge on any atom is -0.478 e. The second-order valence-electron chi connectivity index (χ2n) is 7.96. The van der Waals surface area contributed by atoms with Gasteiger partial charge in [-0.2, -0.15) is 13.2 Å². The zero-order chi connectivity index (χ0) is 25.2. The highest BCUT2D eigenvalue weighted by Gasteiger charge is 2.29. The van der Waals surface area contributed by atoms with Crippen LogP contribution in [0.1, 0.15) is 43.0 Å². The fraction of sp³-hybridized carbons (Fsp3) is 0.115. The minimum absolute atomic E-state index is 0.0255. The van der Waals surface area contributed by atoms with Gasteiger partial charge in [-0.25, -0.2) is 4.79 Å². The Morgan fingerprint density at radius 2 is 1.51 bits per heavy atom. The van der Waals surface area contributed by atoms with Crippen LogP contribution in [0.2, 0.25) is 0 Å². The molecular weight excluding hydrogens is 461 g/mol. The molecule has 9 heteroatoms. The number of pyridine rings is 1. The summed E-state index contributed by atoms with van der Waals surface area (Å²) in [5.74, 6) is -1.51. The smallest absolute Gasteiger partial charge is 0.416 e. The lowest BCUT2D eigenvalue weighted by Gasteiger charge is -2.09. The van der Waals surface area contributed by atoms with Gasteiger partial charge in [-0.05, 0) is 53.6 Å². The molecule has 0 unspecified atom stereocenters. The monoisotopic (exact) mass is 480 g/mol. The molecule has 178 valence electrons. The molecule has 0 atom stereocenters. The average Bonchev–Trinajstić information content (AvgIpc) is 2.84. The summed E-state index contributed by atoms with van der Waals surface area (Å²) in [5.41, 5.74) is 1.59. The second kappa shape index (κ2) is 9.46. The van der Waals surface area contributed by atoms with Gasteiger partial charge >= 0.3 is 12.1 Å². The molecule has 0 aliphatic carbocycles. The number of carboxylic acids is 1. The number of carboxylic acid groups (broad SMARTS) is 1. The van der Waals surface area contributed by atoms with Crippen LogP contribution in [0.5, 0.6) is 0 Å². The number of aromatic amines is 1. The summed E-state index contributed by atoms with van der Waals surface area (Å²) in [6.07, 6.45) is -2.57. The summed E-state index contributed by atoms with van der Waals surface area (Å²) in [7, 11) is 0. The van der Waals surface area contributed by atoms with Gasteiger partial charge in [0.2, 0.25) is 0 Å². The molecule has 0 saturated heterocycles. The van der Waals surface area contributed by atoms with E-state index in [-0.39, 0.29) is 29.5 Å². The largest absolute Gasteiger partial charge is 0.478 e. The topological polar surface area (TPSA) is 99.3 Å². The van der Waals surface area contributed by atoms with Gasteiger partial charge in [0.05, 0.1) is 11.1 Å². The molecule has 1 heterocycles. The van der Waals surface area contributed by atoms with Crippen molar-refractivity contribution >= 4 is 22.8 Å². The number of alkyl halides is 3. The SMILES string of the molecule is O=C(O)c1ccc(Cc2c[nH]c3ccc(C(=O)NCc4ccc(C(F)(F)F)cc4)cc3c2=O)cc1. The molecule has 0 aliphatic rings. The first kappa shape index (κ1) is 23.7. The van der Waals surface area contributed by atoms with E-state index in [1.54, 1.807) is 30.5 Å². The standard InChI is InChI=1S/C26H19F3N2O4/c27-26(28,29)20-8-3-16(4-9-20)13-31-24(33)18-7-10-22-21(12-18)23(32)19(14-30-22)11-15-1-5-17(6-2-15)25(34)35/h1-10,12,14H,11,13H2,(H,30,32)(H,31,33)(H,34,35). The van der Waals surface area contributed by atoms with Gasteiger partial charge in [0, 0.05) is 41.2 Å². The van der Waals surface area contributed by atoms with E-state index in [0.717, 1.165) is 17.7 Å². The van der Waals surface area contributed by atoms with E-state index in [0.29, 0.717) is 22.0 Å². The number of rotatable bonds is 6. The number of benzene rings is 3. The number of amides is 1. The van der Waals surface area contributed by atoms with Crippen molar-refractivity contribution < 1.29 is 27.9 Å². The van der Waals surface area contributed by atoms with E-state index in [9.17, 15) is 27.6 Å². The first-order chi connectivity index (χ1) is 16.6. The van der Waals surface area contributed by atoms with E-state index in [1.807, 2.05) is 0 Å². The number of halogens is 3. The Labute approximate surface area is 197 Å². The number of fused-ring (bicyclic) bond motifs is 1. The predicted molar refractivity (Wildman–Crippen MR) is 123 cm³/mol. The van der Waals surface area contributed by atoms with E-state index in [1.165, 1.54) is 30.3 Å². The zero-order valence-electron chi connectivity index (χ0n) is 18.1. The Bertz CT molecular complexity index is 1460. The second-order valence-corrected chi connectivity index (χ2v) is 7.96. The highest BCUT2D eigenvalue weighted by Crippen LogP contribution is 2.29. The molecule has 6 nitrogen and oxygen atoms in total. The molecule has 0 bridgehead atoms. The minimum atomic E-state index is -4.43. The van der Waals surface area contributed by atoms with Crippen LogP contribution in [0.3, 0.4) is 0 Å². The number of hydrogen-bond donors (Lipinski definition) is 3. The van der Waals surface area contributed by atoms with Crippen molar-refractivity contribution in [2.45, 2.75) is 19.1 Å². The third-order valence-electron chi connectivity index (χ3n) is 5.55. The zero-order valence-corrected chi connectivity index (χ0v) is 18.1. The molecule has 0 radical (unpaired) electrons. The van der Waals surface area contributed by atoms with Crippen LogP contribution < -0.4 is 10.7 Å². The number of H-pyrrole nitrogens is 1. The van der Waals surface area contributed by atoms with Crippen molar-refractivity contribution in [3.8, 4) is 0 Å². The highest BCUT2D eigenvalue weighted by atomic mass is 19.4. The molecule has 1 aromatic heterocycles. The van der Waals surface area contributed by atoms with Crippen LogP contribution in [-0.2, 0) is 19.1 Å². The lowest BCUT2D eigenvalue weighted by Crippen LogP contribution is -2.23. The molecule has 0 saturated carbocycles. The number of aromatic nitrogens is 1. The first-order valence-electron chi connectivity index (χ1n) is 10.5. The molecule has 3 N–H and O–H groups in total. The Hall–Kier alpha value is -4.40. The van der Waals surface area contributed by atoms with Crippen molar-refractivity contribution in [1.29, 1.82) is 0 Å². The fourth-order valence-corrected chi connectivity index (χ4v) is 3.61. The van der Waals surface area contributed by atoms with E-state index < -0.39 is 23.6 Å². The average molecular weight is 480 g/mol. The molecule has 0 spiro atoms. The summed E-state index contributed by atoms with van der Waals surface area (Å²) in [6, 6.07) is 15.3. The summed E-state index contributed by atoms with van der Waals surface area (Å²) in [6.45, 7) is 0.0255. The molecular formula is C26H19F3N2O4. The van der Waals surface area contributed by atoms with Crippen molar-refractivity contribution in [3.63, 3.8) is 0 Å². The molecule has 1 amide bonds. The molecule has 4 aromatic rings. The third kappa shape index (κ3) is 5.40. The normalized spacial score (nSPS) is 11.4. The lowest BCUT2D eigenvalue weighted by atomic mass is 10.0. The van der Waals surface area contributed by atoms with Crippen molar-refractivity contribution in [1.82, 2.24) is 10.3 Å². The number of carbonyl (C=O) groups is 2. The summed E-state index contributed by atoms with van der Waals surface area (Å²) in [5, 5.41) is 12.0. The number of hydrogen-bond acceptors (Lipinski definition) is 3. The summed E-state index contributed by atoms with van der Waals surface area (Å²) in [4.78, 5) is 39.7. The van der Waals surface area contributed by atoms with Crippen LogP contribution in [-0.4, -0.2) is 22.0 Å². The predicted octanol–water partition coefficient (Wildman–Crippen LogP) is 4.77. The molecule has 3 aromatic carbocycles. The summed E-state index contributed by atoms with van der Waals surface area (Å²) < 4.78 is 38.1. The van der Waals surface area contributed by atoms with Gasteiger partial charge < -0.3 is 15.4 Å². The molecule has 4 rings (SSSR count). The fourth-order valence-electron chi connectivity index (χ4n) is 3.61. The Morgan fingerprint density at radius 3 is 2.14 bits per heavy atom. The van der Waals surface area contributed by atoms with E-state index in [4.69, 9.17) is 5.11 Å². The molecule has 0 fully saturated rings. The highest BCUT2D eigenvalue weighted by molar-refractivity contribution is 5.98. The van der Waals surface area contributed by atoms with Gasteiger partial charge in [0.1, 0.15) is 0 Å². The Kier molecular flexibility index (Phi) is 6.42. The number of aromatic carboxylic acids is 1. The van der Waals surface area contributed by atoms with Gasteiger partial charge in [-0.3, -0.25) is 9.59 Å². The number of carbonyl (C=O) groups excluding carboxylic acids is 1. The maximum Gasteiger partial charge on any atom is 0.416 e. The quantitative estimate of drug-likeness (QED) is 0.370. The third-order valence-corrected chi connectivity index (χ3v) is 5.55. The molecule has 0 aliphatic heterocycles. The number of nitrogens with one attached hydrogen (secondary N) is 2. The van der Waals surface area contributed by atoms with Crippen LogP contribution in [0.4, 0.5) is 13.2 Å². The van der Waals surface area contributed by atoms with Crippen molar-refractivity contribution in [2.75, 3.05) is 0 Å². The lowest BCUT2D eigenvalue weighted by molar-refractivity contribution is -0.137. The van der Waals surface area contributed by atoms with Crippen molar-refractivity contribution in [3.05, 3.63) is 117 Å². The van der Waals surface area contributed by atoms with Gasteiger partial charge in [0.25, 0.3) is 5.91 Å². The Balaban J connectivity index is 1.51. The van der Waals surface area contributed by atoms with E-state index in [2.05, 4.69) is 10.3 Å². The Morgan fingerprint density at radius 1 is 0.886 bits per heavy atom. The maximum atomic E-state index is 13.0. The van der Waals surface area contributed by atoms with Crippen LogP contribution in [0.15, 0.2) is 77.7 Å². The van der Waals surface area contributed by atoms with Crippen LogP contribution in [0, 0.1) is 0 Å². The van der Waals surface area contributed by atoms with Crippen LogP contribution in [0.25, 0.3) is 10.9 Å². The van der Waals surface area contributed by atoms with Gasteiger partial charge in [-0.1, -0.05) is 24.3 Å². The molecule has 35 heavy (non-hydrogen) atoms. The van der Waals surface area contributed by atoms with E-state index >= 15 is 0 Å². The maximum absolute atomic E-state index is 13.0. The van der Waals surface area contributed by atoms with Gasteiger partial charge in [-0.15, -0.1) is 0 Å². The van der Waals surface area contributed by atoms with Gasteiger partial charge in [0.15, 0.2) is 5.43 Å².